The molecule has 1 aromatic carbocycles. The van der Waals surface area contributed by atoms with Gasteiger partial charge in [0.1, 0.15) is 0 Å². The summed E-state index contributed by atoms with van der Waals surface area (Å²) >= 11 is 0. The standard InChI is InChI=1S/C7H7.3C2H6O.Zr/c1-7-5-3-2-4-6-7;3*1-2-3;/h3-6H,1H3;3*3H,2H2,1H3;/q-1;;;;. The fourth-order valence-electron chi connectivity index (χ4n) is 0.470. The van der Waals surface area contributed by atoms with Crippen LogP contribution in [0.4, 0.5) is 0 Å². The molecule has 4 heteroatoms. The van der Waals surface area contributed by atoms with Crippen LogP contribution in [0.15, 0.2) is 24.3 Å². The molecule has 100 valence electrons. The van der Waals surface area contributed by atoms with Gasteiger partial charge in [-0.1, -0.05) is 6.92 Å². The molecule has 0 aliphatic heterocycles. The van der Waals surface area contributed by atoms with Crippen molar-refractivity contribution in [3.05, 3.63) is 35.9 Å². The first-order valence-corrected chi connectivity index (χ1v) is 5.39. The molecule has 0 unspecified atom stereocenters. The molecule has 0 saturated heterocycles. The Morgan fingerprint density at radius 2 is 1.12 bits per heavy atom. The monoisotopic (exact) mass is 319 g/mol. The Hall–Kier alpha value is -0.0169. The summed E-state index contributed by atoms with van der Waals surface area (Å²) in [5.74, 6) is 0. The maximum atomic E-state index is 7.57. The summed E-state index contributed by atoms with van der Waals surface area (Å²) in [6.45, 7) is 7.86. The van der Waals surface area contributed by atoms with Gasteiger partial charge in [-0.25, -0.2) is 0 Å². The summed E-state index contributed by atoms with van der Waals surface area (Å²) in [7, 11) is 0. The Morgan fingerprint density at radius 3 is 1.24 bits per heavy atom. The van der Waals surface area contributed by atoms with Crippen LogP contribution in [-0.4, -0.2) is 35.1 Å². The predicted molar refractivity (Wildman–Crippen MR) is 68.3 cm³/mol. The molecule has 1 aromatic rings. The van der Waals surface area contributed by atoms with E-state index < -0.39 is 0 Å². The van der Waals surface area contributed by atoms with Crippen molar-refractivity contribution in [1.29, 1.82) is 0 Å². The second-order valence-corrected chi connectivity index (χ2v) is 2.53. The van der Waals surface area contributed by atoms with Gasteiger partial charge in [-0.15, -0.1) is 0 Å². The van der Waals surface area contributed by atoms with Crippen LogP contribution in [0.1, 0.15) is 26.3 Å². The van der Waals surface area contributed by atoms with Crippen LogP contribution >= 0.6 is 0 Å². The van der Waals surface area contributed by atoms with Crippen molar-refractivity contribution in [2.75, 3.05) is 19.8 Å². The Balaban J connectivity index is -0.0000000734. The molecule has 3 nitrogen and oxygen atoms in total. The Labute approximate surface area is 125 Å². The van der Waals surface area contributed by atoms with E-state index in [4.69, 9.17) is 15.3 Å². The first-order chi connectivity index (χ1) is 7.64. The zero-order valence-corrected chi connectivity index (χ0v) is 13.7. The van der Waals surface area contributed by atoms with Crippen molar-refractivity contribution in [2.45, 2.75) is 27.7 Å². The second kappa shape index (κ2) is 29.7. The van der Waals surface area contributed by atoms with Gasteiger partial charge in [-0.05, 0) is 20.8 Å². The third-order valence-electron chi connectivity index (χ3n) is 0.885. The summed E-state index contributed by atoms with van der Waals surface area (Å²) in [6.07, 6.45) is 0. The third-order valence-corrected chi connectivity index (χ3v) is 0.885. The molecule has 0 heterocycles. The average Bonchev–Trinajstić information content (AvgIpc) is 2.22. The van der Waals surface area contributed by atoms with Crippen LogP contribution in [0.2, 0.25) is 0 Å². The molecule has 1 rings (SSSR count). The molecule has 0 aromatic heterocycles. The molecule has 0 atom stereocenters. The zero-order chi connectivity index (χ0) is 13.2. The smallest absolute Gasteiger partial charge is 0.0402 e. The van der Waals surface area contributed by atoms with E-state index in [0.29, 0.717) is 0 Å². The van der Waals surface area contributed by atoms with Crippen LogP contribution in [0.25, 0.3) is 0 Å². The molecule has 0 spiro atoms. The molecule has 0 radical (unpaired) electrons. The van der Waals surface area contributed by atoms with E-state index >= 15 is 0 Å². The summed E-state index contributed by atoms with van der Waals surface area (Å²) in [4.78, 5) is 0. The summed E-state index contributed by atoms with van der Waals surface area (Å²) in [5.41, 5.74) is 1.29. The summed E-state index contributed by atoms with van der Waals surface area (Å²) < 4.78 is 0. The van der Waals surface area contributed by atoms with Crippen molar-refractivity contribution in [3.8, 4) is 0 Å². The maximum Gasteiger partial charge on any atom is 0.0402 e. The van der Waals surface area contributed by atoms with Crippen LogP contribution in [0, 0.1) is 13.0 Å². The Bertz CT molecular complexity index is 177. The largest absolute Gasteiger partial charge is 0.397 e. The number of hydrogen-bond acceptors (Lipinski definition) is 3. The van der Waals surface area contributed by atoms with Crippen LogP contribution < -0.4 is 0 Å². The number of aliphatic hydroxyl groups is 3. The molecular formula is C13H25O3Zr-. The summed E-state index contributed by atoms with van der Waals surface area (Å²) in [6, 6.07) is 10.8. The maximum absolute atomic E-state index is 7.57. The number of hydrogen-bond donors (Lipinski definition) is 3. The minimum atomic E-state index is 0. The molecule has 0 aliphatic carbocycles. The number of rotatable bonds is 0. The van der Waals surface area contributed by atoms with Crippen molar-refractivity contribution in [1.82, 2.24) is 0 Å². The number of benzene rings is 1. The quantitative estimate of drug-likeness (QED) is 0.639. The van der Waals surface area contributed by atoms with E-state index in [1.807, 2.05) is 24.3 Å². The van der Waals surface area contributed by atoms with Crippen LogP contribution in [-0.2, 0) is 26.2 Å². The molecule has 3 N–H and O–H groups in total. The molecule has 0 saturated carbocycles. The first-order valence-electron chi connectivity index (χ1n) is 5.39. The fraction of sp³-hybridized carbons (Fsp3) is 0.538. The van der Waals surface area contributed by atoms with Gasteiger partial charge in [-0.3, -0.25) is 0 Å². The van der Waals surface area contributed by atoms with E-state index in [-0.39, 0.29) is 46.0 Å². The zero-order valence-electron chi connectivity index (χ0n) is 11.3. The third kappa shape index (κ3) is 49.0. The molecule has 0 fully saturated rings. The number of aryl methyl sites for hydroxylation is 1. The van der Waals surface area contributed by atoms with E-state index in [2.05, 4.69) is 13.0 Å². The van der Waals surface area contributed by atoms with Gasteiger partial charge in [0, 0.05) is 46.0 Å². The minimum Gasteiger partial charge on any atom is -0.397 e. The van der Waals surface area contributed by atoms with E-state index in [9.17, 15) is 0 Å². The van der Waals surface area contributed by atoms with Gasteiger partial charge in [0.15, 0.2) is 0 Å². The van der Waals surface area contributed by atoms with Gasteiger partial charge >= 0.3 is 0 Å². The SMILES string of the molecule is CCO.CCO.CCO.Cc1cc[c-]cc1.[Zr]. The molecule has 17 heavy (non-hydrogen) atoms. The fourth-order valence-corrected chi connectivity index (χ4v) is 0.470. The molecule has 0 amide bonds. The van der Waals surface area contributed by atoms with Crippen LogP contribution in [0.3, 0.4) is 0 Å². The van der Waals surface area contributed by atoms with Gasteiger partial charge in [-0.2, -0.15) is 35.9 Å². The van der Waals surface area contributed by atoms with Crippen molar-refractivity contribution in [2.24, 2.45) is 0 Å². The molecule has 0 bridgehead atoms. The normalized spacial score (nSPS) is 6.76. The van der Waals surface area contributed by atoms with Gasteiger partial charge in [0.25, 0.3) is 0 Å². The average molecular weight is 321 g/mol. The van der Waals surface area contributed by atoms with Gasteiger partial charge in [0.2, 0.25) is 0 Å². The first kappa shape index (κ1) is 25.7. The second-order valence-electron chi connectivity index (χ2n) is 2.53. The van der Waals surface area contributed by atoms with E-state index in [0.717, 1.165) is 0 Å². The van der Waals surface area contributed by atoms with E-state index in [1.54, 1.807) is 20.8 Å². The Kier molecular flexibility index (Phi) is 45.0. The van der Waals surface area contributed by atoms with Crippen molar-refractivity contribution < 1.29 is 41.5 Å². The minimum absolute atomic E-state index is 0. The van der Waals surface area contributed by atoms with Crippen LogP contribution in [0.5, 0.6) is 0 Å². The van der Waals surface area contributed by atoms with Gasteiger partial charge < -0.3 is 15.3 Å². The van der Waals surface area contributed by atoms with Crippen molar-refractivity contribution in [3.63, 3.8) is 0 Å². The van der Waals surface area contributed by atoms with Gasteiger partial charge in [0.05, 0.1) is 0 Å². The molecule has 0 aliphatic rings. The molecular weight excluding hydrogens is 295 g/mol. The Morgan fingerprint density at radius 1 is 0.882 bits per heavy atom. The topological polar surface area (TPSA) is 60.7 Å². The summed E-state index contributed by atoms with van der Waals surface area (Å²) in [5, 5.41) is 22.7. The van der Waals surface area contributed by atoms with Crippen molar-refractivity contribution >= 4 is 0 Å². The number of aliphatic hydroxyl groups excluding tert-OH is 3. The van der Waals surface area contributed by atoms with E-state index in [1.165, 1.54) is 5.56 Å². The predicted octanol–water partition coefficient (Wildman–Crippen LogP) is 1.79.